The van der Waals surface area contributed by atoms with Crippen LogP contribution in [-0.2, 0) is 0 Å². The van der Waals surface area contributed by atoms with Crippen molar-refractivity contribution in [2.24, 2.45) is 0 Å². The second-order valence-corrected chi connectivity index (χ2v) is 6.19. The molecule has 1 nitrogen and oxygen atoms in total. The molecule has 1 atom stereocenters. The molecular formula is C17H16OS. The quantitative estimate of drug-likeness (QED) is 0.720. The molecule has 0 fully saturated rings. The largest absolute Gasteiger partial charge is 0.383 e. The monoisotopic (exact) mass is 268 g/mol. The van der Waals surface area contributed by atoms with Crippen LogP contribution in [0.3, 0.4) is 0 Å². The van der Waals surface area contributed by atoms with Crippen LogP contribution in [0.15, 0.2) is 48.5 Å². The van der Waals surface area contributed by atoms with Crippen molar-refractivity contribution < 1.29 is 5.11 Å². The number of benzene rings is 2. The molecule has 0 bridgehead atoms. The molecule has 1 N–H and O–H groups in total. The van der Waals surface area contributed by atoms with E-state index in [0.717, 1.165) is 15.8 Å². The van der Waals surface area contributed by atoms with Crippen LogP contribution < -0.4 is 0 Å². The fourth-order valence-corrected chi connectivity index (χ4v) is 3.35. The number of aliphatic hydroxyl groups is 1. The van der Waals surface area contributed by atoms with Crippen LogP contribution in [-0.4, -0.2) is 5.11 Å². The van der Waals surface area contributed by atoms with Crippen molar-refractivity contribution in [3.8, 4) is 0 Å². The predicted octanol–water partition coefficient (Wildman–Crippen LogP) is 4.60. The lowest BCUT2D eigenvalue weighted by molar-refractivity contribution is 0.226. The summed E-state index contributed by atoms with van der Waals surface area (Å²) in [7, 11) is 0. The van der Waals surface area contributed by atoms with Crippen molar-refractivity contribution >= 4 is 22.1 Å². The molecule has 3 rings (SSSR count). The van der Waals surface area contributed by atoms with Crippen molar-refractivity contribution in [3.05, 3.63) is 69.4 Å². The summed E-state index contributed by atoms with van der Waals surface area (Å²) in [5.41, 5.74) is 2.23. The second kappa shape index (κ2) is 4.80. The van der Waals surface area contributed by atoms with Gasteiger partial charge in [0.25, 0.3) is 0 Å². The van der Waals surface area contributed by atoms with Gasteiger partial charge in [0.15, 0.2) is 0 Å². The van der Waals surface area contributed by atoms with E-state index in [0.29, 0.717) is 0 Å². The van der Waals surface area contributed by atoms with Gasteiger partial charge in [-0.05, 0) is 47.9 Å². The van der Waals surface area contributed by atoms with Gasteiger partial charge in [-0.3, -0.25) is 0 Å². The smallest absolute Gasteiger partial charge is 0.114 e. The lowest BCUT2D eigenvalue weighted by Gasteiger charge is -2.13. The van der Waals surface area contributed by atoms with Gasteiger partial charge in [0.1, 0.15) is 6.10 Å². The van der Waals surface area contributed by atoms with Crippen LogP contribution >= 0.6 is 11.3 Å². The number of rotatable bonds is 2. The molecule has 0 aliphatic heterocycles. The first-order chi connectivity index (χ1) is 9.16. The van der Waals surface area contributed by atoms with E-state index < -0.39 is 6.10 Å². The van der Waals surface area contributed by atoms with E-state index >= 15 is 0 Å². The van der Waals surface area contributed by atoms with Gasteiger partial charge in [-0.25, -0.2) is 0 Å². The van der Waals surface area contributed by atoms with Crippen LogP contribution in [0.4, 0.5) is 0 Å². The third-order valence-corrected chi connectivity index (χ3v) is 4.55. The van der Waals surface area contributed by atoms with Crippen molar-refractivity contribution in [2.45, 2.75) is 20.0 Å². The van der Waals surface area contributed by atoms with E-state index in [-0.39, 0.29) is 0 Å². The molecule has 0 amide bonds. The Kier molecular flexibility index (Phi) is 3.13. The van der Waals surface area contributed by atoms with Gasteiger partial charge < -0.3 is 5.11 Å². The first kappa shape index (κ1) is 12.4. The minimum atomic E-state index is -0.538. The lowest BCUT2D eigenvalue weighted by Crippen LogP contribution is -1.98. The van der Waals surface area contributed by atoms with E-state index in [4.69, 9.17) is 0 Å². The van der Waals surface area contributed by atoms with Crippen molar-refractivity contribution in [2.75, 3.05) is 0 Å². The van der Waals surface area contributed by atoms with Crippen LogP contribution in [0.1, 0.15) is 27.0 Å². The first-order valence-corrected chi connectivity index (χ1v) is 7.21. The average Bonchev–Trinajstić information content (AvgIpc) is 2.86. The SMILES string of the molecule is Cc1ccc(C(O)c2ccc(C)c3ccccc23)s1. The van der Waals surface area contributed by atoms with Crippen LogP contribution in [0.5, 0.6) is 0 Å². The molecule has 1 heterocycles. The molecule has 1 unspecified atom stereocenters. The molecule has 0 spiro atoms. The number of aliphatic hydroxyl groups excluding tert-OH is 1. The van der Waals surface area contributed by atoms with Crippen molar-refractivity contribution in [1.29, 1.82) is 0 Å². The van der Waals surface area contributed by atoms with E-state index in [1.54, 1.807) is 11.3 Å². The summed E-state index contributed by atoms with van der Waals surface area (Å²) in [5, 5.41) is 13.0. The molecular weight excluding hydrogens is 252 g/mol. The van der Waals surface area contributed by atoms with Crippen LogP contribution in [0.2, 0.25) is 0 Å². The highest BCUT2D eigenvalue weighted by molar-refractivity contribution is 7.12. The van der Waals surface area contributed by atoms with Crippen molar-refractivity contribution in [3.63, 3.8) is 0 Å². The van der Waals surface area contributed by atoms with Crippen LogP contribution in [0, 0.1) is 13.8 Å². The molecule has 1 aromatic heterocycles. The Morgan fingerprint density at radius 2 is 1.63 bits per heavy atom. The summed E-state index contributed by atoms with van der Waals surface area (Å²) in [6, 6.07) is 16.5. The van der Waals surface area contributed by atoms with Crippen LogP contribution in [0.25, 0.3) is 10.8 Å². The summed E-state index contributed by atoms with van der Waals surface area (Å²) in [4.78, 5) is 2.23. The van der Waals surface area contributed by atoms with Gasteiger partial charge in [0.2, 0.25) is 0 Å². The van der Waals surface area contributed by atoms with E-state index in [2.05, 4.69) is 38.1 Å². The summed E-state index contributed by atoms with van der Waals surface area (Å²) in [6.07, 6.45) is -0.538. The summed E-state index contributed by atoms with van der Waals surface area (Å²) < 4.78 is 0. The number of aryl methyl sites for hydroxylation is 2. The van der Waals surface area contributed by atoms with E-state index in [9.17, 15) is 5.11 Å². The van der Waals surface area contributed by atoms with Gasteiger partial charge in [0, 0.05) is 9.75 Å². The van der Waals surface area contributed by atoms with Gasteiger partial charge >= 0.3 is 0 Å². The van der Waals surface area contributed by atoms with E-state index in [1.807, 2.05) is 24.3 Å². The van der Waals surface area contributed by atoms with Gasteiger partial charge in [0.05, 0.1) is 0 Å². The van der Waals surface area contributed by atoms with Gasteiger partial charge in [-0.2, -0.15) is 0 Å². The third kappa shape index (κ3) is 2.18. The maximum Gasteiger partial charge on any atom is 0.114 e. The molecule has 0 radical (unpaired) electrons. The maximum atomic E-state index is 10.6. The van der Waals surface area contributed by atoms with E-state index in [1.165, 1.54) is 15.8 Å². The van der Waals surface area contributed by atoms with Gasteiger partial charge in [-0.1, -0.05) is 36.4 Å². The molecule has 0 aliphatic carbocycles. The molecule has 3 aromatic rings. The highest BCUT2D eigenvalue weighted by Gasteiger charge is 2.15. The lowest BCUT2D eigenvalue weighted by atomic mass is 9.96. The third-order valence-electron chi connectivity index (χ3n) is 3.50. The summed E-state index contributed by atoms with van der Waals surface area (Å²) in [6.45, 7) is 4.17. The standard InChI is InChI=1S/C17H16OS/c1-11-7-9-15(14-6-4-3-5-13(11)14)17(18)16-10-8-12(2)19-16/h3-10,17-18H,1-2H3. The second-order valence-electron chi connectivity index (χ2n) is 4.87. The zero-order valence-electron chi connectivity index (χ0n) is 11.1. The number of thiophene rings is 1. The Hall–Kier alpha value is -1.64. The highest BCUT2D eigenvalue weighted by atomic mass is 32.1. The number of hydrogen-bond acceptors (Lipinski definition) is 2. The minimum Gasteiger partial charge on any atom is -0.383 e. The zero-order valence-corrected chi connectivity index (χ0v) is 11.9. The fraction of sp³-hybridized carbons (Fsp3) is 0.176. The van der Waals surface area contributed by atoms with Gasteiger partial charge in [-0.15, -0.1) is 11.3 Å². The molecule has 19 heavy (non-hydrogen) atoms. The fourth-order valence-electron chi connectivity index (χ4n) is 2.47. The summed E-state index contributed by atoms with van der Waals surface area (Å²) >= 11 is 1.65. The first-order valence-electron chi connectivity index (χ1n) is 6.39. The molecule has 2 aromatic carbocycles. The zero-order chi connectivity index (χ0) is 13.4. The predicted molar refractivity (Wildman–Crippen MR) is 81.8 cm³/mol. The molecule has 0 aliphatic rings. The Morgan fingerprint density at radius 1 is 0.895 bits per heavy atom. The Bertz CT molecular complexity index is 727. The number of hydrogen-bond donors (Lipinski definition) is 1. The average molecular weight is 268 g/mol. The number of fused-ring (bicyclic) bond motifs is 1. The molecule has 2 heteroatoms. The molecule has 96 valence electrons. The van der Waals surface area contributed by atoms with Crippen molar-refractivity contribution in [1.82, 2.24) is 0 Å². The topological polar surface area (TPSA) is 20.2 Å². The Balaban J connectivity index is 2.18. The summed E-state index contributed by atoms with van der Waals surface area (Å²) in [5.74, 6) is 0. The molecule has 0 saturated heterocycles. The Labute approximate surface area is 117 Å². The normalized spacial score (nSPS) is 12.8. The molecule has 0 saturated carbocycles. The maximum absolute atomic E-state index is 10.6. The highest BCUT2D eigenvalue weighted by Crippen LogP contribution is 2.33. The Morgan fingerprint density at radius 3 is 2.32 bits per heavy atom. The minimum absolute atomic E-state index is 0.538.